The van der Waals surface area contributed by atoms with E-state index >= 15 is 0 Å². The molecule has 1 saturated heterocycles. The van der Waals surface area contributed by atoms with Crippen molar-refractivity contribution in [2.75, 3.05) is 18.8 Å². The Morgan fingerprint density at radius 1 is 1.41 bits per heavy atom. The topological polar surface area (TPSA) is 32.7 Å². The summed E-state index contributed by atoms with van der Waals surface area (Å²) in [4.78, 5) is 18.6. The minimum Gasteiger partial charge on any atom is -0.337 e. The van der Waals surface area contributed by atoms with Gasteiger partial charge >= 0.3 is 0 Å². The molecule has 0 N–H and O–H groups in total. The number of nitrogens with zero attached hydrogens (tertiary/aromatic N) is 2. The molecule has 7 heteroatoms. The number of rotatable bonds is 3. The van der Waals surface area contributed by atoms with Gasteiger partial charge in [-0.2, -0.15) is 0 Å². The molecule has 1 aromatic carbocycles. The Bertz CT molecular complexity index is 609. The van der Waals surface area contributed by atoms with Crippen LogP contribution in [0.15, 0.2) is 23.2 Å². The Balaban J connectivity index is 1.66. The summed E-state index contributed by atoms with van der Waals surface area (Å²) in [6.45, 7) is 1.63. The first-order valence-corrected chi connectivity index (χ1v) is 9.06. The van der Waals surface area contributed by atoms with Crippen LogP contribution in [0.4, 0.5) is 8.78 Å². The van der Waals surface area contributed by atoms with Gasteiger partial charge in [-0.25, -0.2) is 8.78 Å². The van der Waals surface area contributed by atoms with Crippen molar-refractivity contribution >= 4 is 33.8 Å². The molecule has 1 amide bonds. The van der Waals surface area contributed by atoms with Crippen molar-refractivity contribution in [3.8, 4) is 0 Å². The van der Waals surface area contributed by atoms with Crippen molar-refractivity contribution in [1.29, 1.82) is 0 Å². The summed E-state index contributed by atoms with van der Waals surface area (Å²) in [7, 11) is 0. The average Bonchev–Trinajstić information content (AvgIpc) is 2.99. The number of aliphatic imine (C=N–C) groups is 1. The maximum Gasteiger partial charge on any atom is 0.236 e. The number of halogens is 2. The summed E-state index contributed by atoms with van der Waals surface area (Å²) in [5.74, 6) is -0.197. The highest BCUT2D eigenvalue weighted by molar-refractivity contribution is 8.39. The fraction of sp³-hybridized carbons (Fsp3) is 0.467. The minimum absolute atomic E-state index is 0.0233. The summed E-state index contributed by atoms with van der Waals surface area (Å²) in [6, 6.07) is 3.49. The molecule has 22 heavy (non-hydrogen) atoms. The zero-order valence-corrected chi connectivity index (χ0v) is 13.6. The van der Waals surface area contributed by atoms with Crippen LogP contribution >= 0.6 is 23.5 Å². The van der Waals surface area contributed by atoms with E-state index in [0.29, 0.717) is 12.1 Å². The predicted molar refractivity (Wildman–Crippen MR) is 87.1 cm³/mol. The van der Waals surface area contributed by atoms with Gasteiger partial charge in [-0.1, -0.05) is 29.6 Å². The van der Waals surface area contributed by atoms with Crippen LogP contribution in [-0.2, 0) is 11.3 Å². The highest BCUT2D eigenvalue weighted by Crippen LogP contribution is 2.31. The highest BCUT2D eigenvalue weighted by atomic mass is 32.2. The van der Waals surface area contributed by atoms with E-state index in [2.05, 4.69) is 4.99 Å². The van der Waals surface area contributed by atoms with Gasteiger partial charge in [0.1, 0.15) is 16.0 Å². The standard InChI is InChI=1S/C15H16F2N2OS2/c16-11-4-3-10(12(17)8-11)9-19-6-1-2-13(14(19)20)22-15-18-5-7-21-15/h3-4,8,13H,1-2,5-7,9H2. The van der Waals surface area contributed by atoms with Crippen LogP contribution in [0.5, 0.6) is 0 Å². The van der Waals surface area contributed by atoms with Crippen LogP contribution in [0, 0.1) is 11.6 Å². The summed E-state index contributed by atoms with van der Waals surface area (Å²) in [5.41, 5.74) is 0.355. The van der Waals surface area contributed by atoms with Crippen molar-refractivity contribution < 1.29 is 13.6 Å². The lowest BCUT2D eigenvalue weighted by molar-refractivity contribution is -0.133. The van der Waals surface area contributed by atoms with Gasteiger partial charge in [-0.05, 0) is 18.9 Å². The molecule has 3 rings (SSSR count). The first-order valence-electron chi connectivity index (χ1n) is 7.20. The Hall–Kier alpha value is -1.08. The van der Waals surface area contributed by atoms with Crippen LogP contribution in [0.1, 0.15) is 18.4 Å². The van der Waals surface area contributed by atoms with Crippen LogP contribution in [-0.4, -0.2) is 39.3 Å². The number of benzene rings is 1. The van der Waals surface area contributed by atoms with Crippen molar-refractivity contribution in [3.05, 3.63) is 35.4 Å². The molecule has 1 atom stereocenters. The third-order valence-electron chi connectivity index (χ3n) is 3.66. The first kappa shape index (κ1) is 15.8. The molecular formula is C15H16F2N2OS2. The van der Waals surface area contributed by atoms with E-state index in [4.69, 9.17) is 0 Å². The van der Waals surface area contributed by atoms with Crippen molar-refractivity contribution in [2.24, 2.45) is 4.99 Å². The second kappa shape index (κ2) is 7.00. The average molecular weight is 342 g/mol. The molecular weight excluding hydrogens is 326 g/mol. The lowest BCUT2D eigenvalue weighted by Gasteiger charge is -2.32. The number of hydrogen-bond donors (Lipinski definition) is 0. The zero-order valence-electron chi connectivity index (χ0n) is 11.9. The van der Waals surface area contributed by atoms with E-state index in [1.165, 1.54) is 23.9 Å². The van der Waals surface area contributed by atoms with Crippen LogP contribution in [0.2, 0.25) is 0 Å². The van der Waals surface area contributed by atoms with Crippen LogP contribution < -0.4 is 0 Å². The SMILES string of the molecule is O=C1C(SC2=NCCS2)CCCN1Cc1ccc(F)cc1F. The molecule has 2 heterocycles. The first-order chi connectivity index (χ1) is 10.6. The fourth-order valence-electron chi connectivity index (χ4n) is 2.54. The van der Waals surface area contributed by atoms with Crippen molar-refractivity contribution in [2.45, 2.75) is 24.6 Å². The van der Waals surface area contributed by atoms with Crippen LogP contribution in [0.25, 0.3) is 0 Å². The summed E-state index contributed by atoms with van der Waals surface area (Å²) in [6.07, 6.45) is 1.72. The smallest absolute Gasteiger partial charge is 0.236 e. The molecule has 3 nitrogen and oxygen atoms in total. The second-order valence-electron chi connectivity index (χ2n) is 5.24. The lowest BCUT2D eigenvalue weighted by Crippen LogP contribution is -2.42. The second-order valence-corrected chi connectivity index (χ2v) is 7.77. The van der Waals surface area contributed by atoms with Crippen LogP contribution in [0.3, 0.4) is 0 Å². The maximum absolute atomic E-state index is 13.8. The maximum atomic E-state index is 13.8. The van der Waals surface area contributed by atoms with E-state index < -0.39 is 11.6 Å². The number of hydrogen-bond acceptors (Lipinski definition) is 4. The van der Waals surface area contributed by atoms with Gasteiger partial charge in [-0.3, -0.25) is 9.79 Å². The van der Waals surface area contributed by atoms with Gasteiger partial charge in [0, 0.05) is 30.5 Å². The number of likely N-dealkylation sites (tertiary alicyclic amines) is 1. The normalized spacial score (nSPS) is 22.1. The number of piperidine rings is 1. The molecule has 0 bridgehead atoms. The number of carbonyl (C=O) groups is 1. The molecule has 1 fully saturated rings. The third-order valence-corrected chi connectivity index (χ3v) is 6.12. The predicted octanol–water partition coefficient (Wildman–Crippen LogP) is 3.29. The van der Waals surface area contributed by atoms with Gasteiger partial charge in [0.05, 0.1) is 11.8 Å². The lowest BCUT2D eigenvalue weighted by atomic mass is 10.1. The van der Waals surface area contributed by atoms with E-state index in [0.717, 1.165) is 35.6 Å². The minimum atomic E-state index is -0.601. The van der Waals surface area contributed by atoms with Gasteiger partial charge in [0.25, 0.3) is 0 Å². The molecule has 1 aromatic rings. The molecule has 118 valence electrons. The zero-order chi connectivity index (χ0) is 15.5. The fourth-order valence-corrected chi connectivity index (χ4v) is 4.89. The molecule has 0 radical (unpaired) electrons. The van der Waals surface area contributed by atoms with Crippen molar-refractivity contribution in [3.63, 3.8) is 0 Å². The van der Waals surface area contributed by atoms with Gasteiger partial charge < -0.3 is 4.90 Å². The van der Waals surface area contributed by atoms with E-state index in [1.54, 1.807) is 16.7 Å². The molecule has 1 unspecified atom stereocenters. The quantitative estimate of drug-likeness (QED) is 0.845. The van der Waals surface area contributed by atoms with Gasteiger partial charge in [-0.15, -0.1) is 0 Å². The highest BCUT2D eigenvalue weighted by Gasteiger charge is 2.31. The number of thioether (sulfide) groups is 2. The van der Waals surface area contributed by atoms with Gasteiger partial charge in [0.15, 0.2) is 0 Å². The van der Waals surface area contributed by atoms with E-state index in [-0.39, 0.29) is 17.7 Å². The summed E-state index contributed by atoms with van der Waals surface area (Å²) < 4.78 is 27.7. The summed E-state index contributed by atoms with van der Waals surface area (Å²) >= 11 is 3.21. The van der Waals surface area contributed by atoms with Gasteiger partial charge in [0.2, 0.25) is 5.91 Å². The third kappa shape index (κ3) is 3.63. The van der Waals surface area contributed by atoms with E-state index in [1.807, 2.05) is 0 Å². The van der Waals surface area contributed by atoms with E-state index in [9.17, 15) is 13.6 Å². The molecule has 2 aliphatic rings. The Kier molecular flexibility index (Phi) is 5.03. The monoisotopic (exact) mass is 342 g/mol. The molecule has 0 spiro atoms. The Morgan fingerprint density at radius 2 is 2.27 bits per heavy atom. The molecule has 0 aliphatic carbocycles. The Morgan fingerprint density at radius 3 is 3.00 bits per heavy atom. The Labute approximate surface area is 136 Å². The number of amides is 1. The summed E-state index contributed by atoms with van der Waals surface area (Å²) in [5, 5.41) is -0.137. The molecule has 2 aliphatic heterocycles. The molecule has 0 aromatic heterocycles. The number of carbonyl (C=O) groups excluding carboxylic acids is 1. The largest absolute Gasteiger partial charge is 0.337 e. The molecule has 0 saturated carbocycles. The van der Waals surface area contributed by atoms with Crippen molar-refractivity contribution in [1.82, 2.24) is 4.90 Å².